The number of imidazole rings is 1. The lowest BCUT2D eigenvalue weighted by Crippen LogP contribution is -2.47. The number of aromatic amines is 1. The van der Waals surface area contributed by atoms with Gasteiger partial charge in [0.2, 0.25) is 11.8 Å². The van der Waals surface area contributed by atoms with Gasteiger partial charge in [-0.05, 0) is 44.6 Å². The van der Waals surface area contributed by atoms with E-state index in [-0.39, 0.29) is 23.7 Å². The minimum Gasteiger partial charge on any atom is -0.342 e. The van der Waals surface area contributed by atoms with Gasteiger partial charge in [-0.25, -0.2) is 4.98 Å². The topological polar surface area (TPSA) is 82.2 Å². The first-order valence-electron chi connectivity index (χ1n) is 10.6. The van der Waals surface area contributed by atoms with Crippen molar-refractivity contribution in [1.82, 2.24) is 24.8 Å². The zero-order valence-electron chi connectivity index (χ0n) is 16.1. The van der Waals surface area contributed by atoms with E-state index in [1.54, 1.807) is 12.4 Å². The highest BCUT2D eigenvalue weighted by molar-refractivity contribution is 5.82. The molecule has 2 amide bonds. The Hall–Kier alpha value is -2.44. The predicted molar refractivity (Wildman–Crippen MR) is 104 cm³/mol. The van der Waals surface area contributed by atoms with Gasteiger partial charge in [-0.1, -0.05) is 0 Å². The molecule has 4 heterocycles. The van der Waals surface area contributed by atoms with E-state index < -0.39 is 0 Å². The van der Waals surface area contributed by atoms with Crippen LogP contribution in [0.5, 0.6) is 0 Å². The van der Waals surface area contributed by atoms with Gasteiger partial charge in [-0.3, -0.25) is 14.6 Å². The van der Waals surface area contributed by atoms with Gasteiger partial charge in [0.15, 0.2) is 0 Å². The van der Waals surface area contributed by atoms with Crippen LogP contribution < -0.4 is 0 Å². The van der Waals surface area contributed by atoms with Crippen LogP contribution in [0.4, 0.5) is 0 Å². The van der Waals surface area contributed by atoms with Crippen LogP contribution in [0.3, 0.4) is 0 Å². The van der Waals surface area contributed by atoms with Gasteiger partial charge in [0.25, 0.3) is 0 Å². The summed E-state index contributed by atoms with van der Waals surface area (Å²) < 4.78 is 0. The minimum absolute atomic E-state index is 0.0573. The number of carbonyl (C=O) groups excluding carboxylic acids is 2. The lowest BCUT2D eigenvalue weighted by molar-refractivity contribution is -0.142. The molecule has 148 valence electrons. The maximum absolute atomic E-state index is 13.1. The van der Waals surface area contributed by atoms with Gasteiger partial charge in [0.1, 0.15) is 5.82 Å². The molecule has 0 radical (unpaired) electrons. The molecule has 0 aromatic carbocycles. The number of fused-ring (bicyclic) bond motifs is 1. The van der Waals surface area contributed by atoms with Crippen LogP contribution in [-0.2, 0) is 9.59 Å². The maximum atomic E-state index is 13.1. The quantitative estimate of drug-likeness (QED) is 0.885. The predicted octanol–water partition coefficient (Wildman–Crippen LogP) is 2.31. The van der Waals surface area contributed by atoms with Crippen molar-refractivity contribution in [1.29, 1.82) is 0 Å². The van der Waals surface area contributed by atoms with E-state index in [0.29, 0.717) is 5.91 Å². The number of H-pyrrole nitrogens is 1. The average molecular weight is 381 g/mol. The molecule has 28 heavy (non-hydrogen) atoms. The second kappa shape index (κ2) is 7.18. The van der Waals surface area contributed by atoms with Gasteiger partial charge in [-0.2, -0.15) is 0 Å². The highest BCUT2D eigenvalue weighted by Gasteiger charge is 2.37. The number of nitrogens with one attached hydrogen (secondary N) is 1. The van der Waals surface area contributed by atoms with Crippen molar-refractivity contribution >= 4 is 22.8 Å². The number of likely N-dealkylation sites (tertiary alicyclic amines) is 2. The molecule has 3 aliphatic rings. The van der Waals surface area contributed by atoms with Gasteiger partial charge >= 0.3 is 0 Å². The lowest BCUT2D eigenvalue weighted by atomic mass is 9.92. The van der Waals surface area contributed by atoms with Crippen molar-refractivity contribution in [3.8, 4) is 0 Å². The Labute approximate surface area is 164 Å². The zero-order valence-corrected chi connectivity index (χ0v) is 16.1. The maximum Gasteiger partial charge on any atom is 0.225 e. The molecule has 2 aromatic heterocycles. The number of piperidine rings is 2. The summed E-state index contributed by atoms with van der Waals surface area (Å²) in [6.07, 6.45) is 9.30. The molecule has 1 atom stereocenters. The molecule has 2 saturated heterocycles. The van der Waals surface area contributed by atoms with Crippen LogP contribution in [0, 0.1) is 11.8 Å². The average Bonchev–Trinajstić information content (AvgIpc) is 3.51. The van der Waals surface area contributed by atoms with E-state index in [1.807, 2.05) is 15.9 Å². The Bertz CT molecular complexity index is 849. The monoisotopic (exact) mass is 381 g/mol. The molecular weight excluding hydrogens is 354 g/mol. The molecule has 1 saturated carbocycles. The van der Waals surface area contributed by atoms with E-state index in [2.05, 4.69) is 9.97 Å². The third-order valence-corrected chi connectivity index (χ3v) is 6.50. The Morgan fingerprint density at radius 1 is 0.964 bits per heavy atom. The van der Waals surface area contributed by atoms with Crippen molar-refractivity contribution < 1.29 is 9.59 Å². The summed E-state index contributed by atoms with van der Waals surface area (Å²) in [6, 6.07) is 1.91. The Morgan fingerprint density at radius 3 is 2.46 bits per heavy atom. The van der Waals surface area contributed by atoms with E-state index >= 15 is 0 Å². The molecule has 2 aliphatic heterocycles. The summed E-state index contributed by atoms with van der Waals surface area (Å²) in [7, 11) is 0. The third-order valence-electron chi connectivity index (χ3n) is 6.50. The van der Waals surface area contributed by atoms with Crippen LogP contribution in [0.25, 0.3) is 11.0 Å². The van der Waals surface area contributed by atoms with Gasteiger partial charge < -0.3 is 14.8 Å². The summed E-state index contributed by atoms with van der Waals surface area (Å²) in [5.41, 5.74) is 1.88. The molecular formula is C21H27N5O2. The minimum atomic E-state index is 0.0573. The lowest BCUT2D eigenvalue weighted by Gasteiger charge is -2.37. The molecule has 3 fully saturated rings. The molecule has 1 N–H and O–H groups in total. The van der Waals surface area contributed by atoms with Crippen molar-refractivity contribution in [3.05, 3.63) is 24.3 Å². The number of amides is 2. The molecule has 1 aliphatic carbocycles. The van der Waals surface area contributed by atoms with Crippen molar-refractivity contribution in [2.75, 3.05) is 26.2 Å². The van der Waals surface area contributed by atoms with Crippen LogP contribution in [0.2, 0.25) is 0 Å². The number of carbonyl (C=O) groups is 2. The van der Waals surface area contributed by atoms with E-state index in [0.717, 1.165) is 81.6 Å². The first kappa shape index (κ1) is 17.6. The molecule has 5 rings (SSSR count). The number of aromatic nitrogens is 3. The highest BCUT2D eigenvalue weighted by Crippen LogP contribution is 2.33. The van der Waals surface area contributed by atoms with E-state index in [4.69, 9.17) is 4.98 Å². The Morgan fingerprint density at radius 2 is 1.71 bits per heavy atom. The highest BCUT2D eigenvalue weighted by atomic mass is 16.2. The number of pyridine rings is 1. The fourth-order valence-electron chi connectivity index (χ4n) is 4.66. The first-order valence-corrected chi connectivity index (χ1v) is 10.6. The fourth-order valence-corrected chi connectivity index (χ4v) is 4.66. The molecule has 1 unspecified atom stereocenters. The van der Waals surface area contributed by atoms with E-state index in [9.17, 15) is 9.59 Å². The van der Waals surface area contributed by atoms with Crippen molar-refractivity contribution in [2.45, 2.75) is 44.4 Å². The van der Waals surface area contributed by atoms with Gasteiger partial charge in [0.05, 0.1) is 17.2 Å². The Kier molecular flexibility index (Phi) is 4.53. The van der Waals surface area contributed by atoms with Crippen LogP contribution in [0.1, 0.15) is 50.3 Å². The molecule has 0 spiro atoms. The third kappa shape index (κ3) is 3.38. The Balaban J connectivity index is 1.21. The van der Waals surface area contributed by atoms with Gasteiger partial charge in [-0.15, -0.1) is 0 Å². The fraction of sp³-hybridized carbons (Fsp3) is 0.619. The van der Waals surface area contributed by atoms with Crippen molar-refractivity contribution in [2.24, 2.45) is 11.8 Å². The molecule has 2 aromatic rings. The second-order valence-corrected chi connectivity index (χ2v) is 8.51. The molecule has 0 bridgehead atoms. The summed E-state index contributed by atoms with van der Waals surface area (Å²) in [4.78, 5) is 41.6. The zero-order chi connectivity index (χ0) is 19.1. The van der Waals surface area contributed by atoms with E-state index in [1.165, 1.54) is 0 Å². The second-order valence-electron chi connectivity index (χ2n) is 8.51. The smallest absolute Gasteiger partial charge is 0.225 e. The van der Waals surface area contributed by atoms with Crippen molar-refractivity contribution in [3.63, 3.8) is 0 Å². The van der Waals surface area contributed by atoms with Gasteiger partial charge in [0, 0.05) is 50.1 Å². The largest absolute Gasteiger partial charge is 0.342 e. The normalized spacial score (nSPS) is 23.9. The number of rotatable bonds is 3. The number of hydrogen-bond donors (Lipinski definition) is 1. The molecule has 7 nitrogen and oxygen atoms in total. The van der Waals surface area contributed by atoms with Crippen LogP contribution in [-0.4, -0.2) is 62.7 Å². The molecule has 7 heteroatoms. The summed E-state index contributed by atoms with van der Waals surface area (Å²) in [5, 5.41) is 0. The summed E-state index contributed by atoms with van der Waals surface area (Å²) >= 11 is 0. The SMILES string of the molecule is O=C(C1CC1)N1CCC(C(=O)N2CCCC(c3nc4ccncc4[nH]3)C2)CC1. The number of hydrogen-bond acceptors (Lipinski definition) is 4. The van der Waals surface area contributed by atoms with Crippen LogP contribution in [0.15, 0.2) is 18.5 Å². The summed E-state index contributed by atoms with van der Waals surface area (Å²) in [5.74, 6) is 2.12. The van der Waals surface area contributed by atoms with Crippen LogP contribution >= 0.6 is 0 Å². The number of nitrogens with zero attached hydrogens (tertiary/aromatic N) is 4. The standard InChI is InChI=1S/C21H27N5O2/c27-20(14-3-4-14)25-10-6-15(7-11-25)21(28)26-9-1-2-16(13-26)19-23-17-5-8-22-12-18(17)24-19/h5,8,12,14-16H,1-4,6-7,9-11,13H2,(H,23,24). The first-order chi connectivity index (χ1) is 13.7. The summed E-state index contributed by atoms with van der Waals surface area (Å²) in [6.45, 7) is 3.03.